The third kappa shape index (κ3) is 7.43. The Balaban J connectivity index is 0.000000626. The maximum Gasteiger partial charge on any atom is 0.351 e. The second kappa shape index (κ2) is 9.55. The van der Waals surface area contributed by atoms with Gasteiger partial charge in [0.05, 0.1) is 12.1 Å². The lowest BCUT2D eigenvalue weighted by Gasteiger charge is -2.13. The van der Waals surface area contributed by atoms with Crippen molar-refractivity contribution in [3.05, 3.63) is 41.2 Å². The molecule has 0 saturated carbocycles. The van der Waals surface area contributed by atoms with Gasteiger partial charge < -0.3 is 19.9 Å². The molecule has 1 aromatic carbocycles. The van der Waals surface area contributed by atoms with Crippen LogP contribution in [0.5, 0.6) is 0 Å². The van der Waals surface area contributed by atoms with E-state index in [0.717, 1.165) is 16.0 Å². The van der Waals surface area contributed by atoms with Crippen LogP contribution in [0.2, 0.25) is 5.02 Å². The number of halogens is 2. The molecule has 0 aliphatic carbocycles. The Morgan fingerprint density at radius 2 is 2.09 bits per heavy atom. The minimum Gasteiger partial charge on any atom is -0.539 e. The number of likely N-dealkylation sites (N-methyl/N-ethyl adjacent to an activating group) is 1. The molecule has 0 amide bonds. The first-order valence-corrected chi connectivity index (χ1v) is 6.39. The normalized spacial score (nSPS) is 10.6. The molecule has 0 saturated heterocycles. The number of aliphatic carboxylic acids is 2. The molecule has 0 aliphatic heterocycles. The third-order valence-corrected chi connectivity index (χ3v) is 2.71. The molecule has 7 heteroatoms. The largest absolute Gasteiger partial charge is 0.539 e. The summed E-state index contributed by atoms with van der Waals surface area (Å²) in [5.74, 6) is -1.84. The SMILES string of the molecule is C#CC[NH+](C)CC(=C)c1ccc(F)c(Cl)c1.O=C([O-])C(=O)O. The maximum atomic E-state index is 13.0. The highest BCUT2D eigenvalue weighted by atomic mass is 35.5. The van der Waals surface area contributed by atoms with Crippen molar-refractivity contribution >= 4 is 29.1 Å². The van der Waals surface area contributed by atoms with Crippen molar-refractivity contribution in [1.82, 2.24) is 0 Å². The number of rotatable bonds is 4. The standard InChI is InChI=1S/C13H13ClFN.C2H2O4/c1-4-7-16(3)9-10(2)11-5-6-13(15)12(14)8-11;3-1(4)2(5)6/h1,5-6,8H,2,7,9H2,3H3;(H,3,4)(H,5,6). The molecule has 0 aromatic heterocycles. The Bertz CT molecular complexity index is 598. The van der Waals surface area contributed by atoms with E-state index in [4.69, 9.17) is 37.8 Å². The molecular weight excluding hydrogens is 313 g/mol. The van der Waals surface area contributed by atoms with Crippen LogP contribution in [0.4, 0.5) is 4.39 Å². The van der Waals surface area contributed by atoms with E-state index >= 15 is 0 Å². The van der Waals surface area contributed by atoms with E-state index in [2.05, 4.69) is 12.5 Å². The Hall–Kier alpha value is -2.36. The van der Waals surface area contributed by atoms with Crippen molar-refractivity contribution in [2.45, 2.75) is 0 Å². The molecular formula is C15H15ClFNO4. The molecule has 0 heterocycles. The fraction of sp³-hybridized carbons (Fsp3) is 0.200. The van der Waals surface area contributed by atoms with E-state index < -0.39 is 17.8 Å². The number of carbonyl (C=O) groups excluding carboxylic acids is 1. The van der Waals surface area contributed by atoms with E-state index in [1.165, 1.54) is 6.07 Å². The average Bonchev–Trinajstić information content (AvgIpc) is 2.42. The third-order valence-electron chi connectivity index (χ3n) is 2.42. The summed E-state index contributed by atoms with van der Waals surface area (Å²) in [6, 6.07) is 4.61. The topological polar surface area (TPSA) is 81.9 Å². The molecule has 0 spiro atoms. The van der Waals surface area contributed by atoms with Crippen LogP contribution in [0, 0.1) is 18.2 Å². The van der Waals surface area contributed by atoms with Gasteiger partial charge in [0.1, 0.15) is 18.9 Å². The molecule has 2 N–H and O–H groups in total. The smallest absolute Gasteiger partial charge is 0.351 e. The fourth-order valence-corrected chi connectivity index (χ4v) is 1.60. The molecule has 0 radical (unpaired) electrons. The van der Waals surface area contributed by atoms with Crippen LogP contribution in [0.15, 0.2) is 24.8 Å². The lowest BCUT2D eigenvalue weighted by atomic mass is 10.1. The summed E-state index contributed by atoms with van der Waals surface area (Å²) in [5, 5.41) is 16.4. The van der Waals surface area contributed by atoms with Crippen LogP contribution in [0.1, 0.15) is 5.56 Å². The predicted molar refractivity (Wildman–Crippen MR) is 78.5 cm³/mol. The van der Waals surface area contributed by atoms with E-state index in [-0.39, 0.29) is 5.02 Å². The van der Waals surface area contributed by atoms with Crippen LogP contribution < -0.4 is 10.0 Å². The molecule has 0 aliphatic rings. The van der Waals surface area contributed by atoms with Gasteiger partial charge in [0.25, 0.3) is 0 Å². The molecule has 1 unspecified atom stereocenters. The molecule has 22 heavy (non-hydrogen) atoms. The van der Waals surface area contributed by atoms with Crippen molar-refractivity contribution in [3.63, 3.8) is 0 Å². The zero-order valence-corrected chi connectivity index (χ0v) is 12.6. The monoisotopic (exact) mass is 327 g/mol. The molecule has 1 aromatic rings. The average molecular weight is 328 g/mol. The highest BCUT2D eigenvalue weighted by Crippen LogP contribution is 2.19. The summed E-state index contributed by atoms with van der Waals surface area (Å²) < 4.78 is 13.0. The van der Waals surface area contributed by atoms with Gasteiger partial charge in [0, 0.05) is 5.57 Å². The van der Waals surface area contributed by atoms with E-state index in [1.54, 1.807) is 12.1 Å². The van der Waals surface area contributed by atoms with Gasteiger partial charge in [-0.15, -0.1) is 6.42 Å². The Morgan fingerprint density at radius 1 is 1.55 bits per heavy atom. The summed E-state index contributed by atoms with van der Waals surface area (Å²) in [7, 11) is 1.98. The molecule has 0 bridgehead atoms. The summed E-state index contributed by atoms with van der Waals surface area (Å²) in [6.45, 7) is 5.29. The zero-order valence-electron chi connectivity index (χ0n) is 11.9. The van der Waals surface area contributed by atoms with Crippen molar-refractivity contribution in [1.29, 1.82) is 0 Å². The summed E-state index contributed by atoms with van der Waals surface area (Å²) in [4.78, 5) is 19.2. The molecule has 0 fully saturated rings. The van der Waals surface area contributed by atoms with Gasteiger partial charge in [0.15, 0.2) is 5.97 Å². The van der Waals surface area contributed by atoms with Gasteiger partial charge in [-0.05, 0) is 23.6 Å². The minimum absolute atomic E-state index is 0.119. The number of quaternary nitrogens is 1. The quantitative estimate of drug-likeness (QED) is 0.575. The zero-order chi connectivity index (χ0) is 17.3. The summed E-state index contributed by atoms with van der Waals surface area (Å²) in [6.07, 6.45) is 5.22. The molecule has 118 valence electrons. The van der Waals surface area contributed by atoms with Gasteiger partial charge >= 0.3 is 5.97 Å². The molecule has 1 atom stereocenters. The lowest BCUT2D eigenvalue weighted by molar-refractivity contribution is -0.863. The number of carboxylic acid groups (broad SMARTS) is 2. The van der Waals surface area contributed by atoms with Crippen molar-refractivity contribution in [3.8, 4) is 12.3 Å². The number of carboxylic acids is 2. The van der Waals surface area contributed by atoms with Crippen LogP contribution >= 0.6 is 11.6 Å². The van der Waals surface area contributed by atoms with Crippen LogP contribution in [-0.4, -0.2) is 37.2 Å². The summed E-state index contributed by atoms with van der Waals surface area (Å²) >= 11 is 5.70. The fourth-order valence-electron chi connectivity index (χ4n) is 1.42. The van der Waals surface area contributed by atoms with E-state index in [0.29, 0.717) is 13.1 Å². The Morgan fingerprint density at radius 3 is 2.50 bits per heavy atom. The number of carbonyl (C=O) groups is 2. The highest BCUT2D eigenvalue weighted by molar-refractivity contribution is 6.30. The predicted octanol–water partition coefficient (Wildman–Crippen LogP) is -0.539. The first-order chi connectivity index (χ1) is 10.2. The summed E-state index contributed by atoms with van der Waals surface area (Å²) in [5.41, 5.74) is 1.75. The van der Waals surface area contributed by atoms with Crippen molar-refractivity contribution in [2.24, 2.45) is 0 Å². The first kappa shape index (κ1) is 19.6. The van der Waals surface area contributed by atoms with Gasteiger partial charge in [-0.25, -0.2) is 9.18 Å². The van der Waals surface area contributed by atoms with Gasteiger partial charge in [0.2, 0.25) is 0 Å². The first-order valence-electron chi connectivity index (χ1n) is 6.01. The Kier molecular flexibility index (Phi) is 8.53. The number of hydrogen-bond acceptors (Lipinski definition) is 3. The Labute approximate surface area is 132 Å². The second-order valence-electron chi connectivity index (χ2n) is 4.34. The van der Waals surface area contributed by atoms with Crippen molar-refractivity contribution < 1.29 is 29.1 Å². The van der Waals surface area contributed by atoms with Crippen LogP contribution in [0.25, 0.3) is 5.57 Å². The maximum absolute atomic E-state index is 13.0. The number of nitrogens with one attached hydrogen (secondary N) is 1. The van der Waals surface area contributed by atoms with Gasteiger partial charge in [-0.1, -0.05) is 24.2 Å². The second-order valence-corrected chi connectivity index (χ2v) is 4.75. The molecule has 5 nitrogen and oxygen atoms in total. The number of benzene rings is 1. The lowest BCUT2D eigenvalue weighted by Crippen LogP contribution is -3.08. The highest BCUT2D eigenvalue weighted by Gasteiger charge is 2.08. The molecule has 1 rings (SSSR count). The van der Waals surface area contributed by atoms with E-state index in [9.17, 15) is 4.39 Å². The number of terminal acetylenes is 1. The number of hydrogen-bond donors (Lipinski definition) is 2. The van der Waals surface area contributed by atoms with Gasteiger partial charge in [-0.2, -0.15) is 0 Å². The minimum atomic E-state index is -2.07. The van der Waals surface area contributed by atoms with E-state index in [1.807, 2.05) is 7.05 Å². The van der Waals surface area contributed by atoms with Crippen LogP contribution in [-0.2, 0) is 9.59 Å². The van der Waals surface area contributed by atoms with Crippen LogP contribution in [0.3, 0.4) is 0 Å². The van der Waals surface area contributed by atoms with Crippen molar-refractivity contribution in [2.75, 3.05) is 20.1 Å². The van der Waals surface area contributed by atoms with Gasteiger partial charge in [-0.3, -0.25) is 0 Å².